The summed E-state index contributed by atoms with van der Waals surface area (Å²) in [6, 6.07) is 6.42. The van der Waals surface area contributed by atoms with Crippen LogP contribution in [0.15, 0.2) is 30.5 Å². The molecule has 0 aliphatic heterocycles. The number of aromatic amines is 1. The Balaban J connectivity index is 2.14. The molecule has 0 saturated heterocycles. The van der Waals surface area contributed by atoms with Crippen LogP contribution in [0.3, 0.4) is 0 Å². The summed E-state index contributed by atoms with van der Waals surface area (Å²) in [5.41, 5.74) is 7.22. The summed E-state index contributed by atoms with van der Waals surface area (Å²) in [4.78, 5) is 0. The molecule has 2 rings (SSSR count). The highest BCUT2D eigenvalue weighted by Gasteiger charge is 2.08. The quantitative estimate of drug-likeness (QED) is 0.743. The zero-order valence-electron chi connectivity index (χ0n) is 8.87. The van der Waals surface area contributed by atoms with Crippen LogP contribution in [0.25, 0.3) is 0 Å². The highest BCUT2D eigenvalue weighted by atomic mass is 19.1. The van der Waals surface area contributed by atoms with Gasteiger partial charge in [0.1, 0.15) is 11.6 Å². The van der Waals surface area contributed by atoms with Gasteiger partial charge in [-0.05, 0) is 24.6 Å². The number of anilines is 2. The van der Waals surface area contributed by atoms with Crippen molar-refractivity contribution in [3.63, 3.8) is 0 Å². The standard InChI is InChI=1S/C11H13FN4/c1-7(8-3-2-4-9(12)5-8)15-10-6-14-16-11(10)13/h2-7,15H,1H3,(H3,13,14,16). The lowest BCUT2D eigenvalue weighted by molar-refractivity contribution is 0.623. The lowest BCUT2D eigenvalue weighted by Gasteiger charge is -2.14. The van der Waals surface area contributed by atoms with Gasteiger partial charge in [-0.1, -0.05) is 12.1 Å². The Morgan fingerprint density at radius 3 is 2.94 bits per heavy atom. The number of hydrogen-bond donors (Lipinski definition) is 3. The smallest absolute Gasteiger partial charge is 0.142 e. The summed E-state index contributed by atoms with van der Waals surface area (Å²) in [6.07, 6.45) is 1.60. The molecule has 4 N–H and O–H groups in total. The van der Waals surface area contributed by atoms with Crippen LogP contribution in [-0.2, 0) is 0 Å². The lowest BCUT2D eigenvalue weighted by atomic mass is 10.1. The van der Waals surface area contributed by atoms with Gasteiger partial charge in [0.25, 0.3) is 0 Å². The van der Waals surface area contributed by atoms with Crippen LogP contribution in [0.2, 0.25) is 0 Å². The fourth-order valence-corrected chi connectivity index (χ4v) is 1.50. The molecule has 84 valence electrons. The molecule has 4 nitrogen and oxygen atoms in total. The summed E-state index contributed by atoms with van der Waals surface area (Å²) >= 11 is 0. The van der Waals surface area contributed by atoms with Crippen molar-refractivity contribution in [3.8, 4) is 0 Å². The van der Waals surface area contributed by atoms with Gasteiger partial charge < -0.3 is 11.1 Å². The maximum Gasteiger partial charge on any atom is 0.142 e. The van der Waals surface area contributed by atoms with Gasteiger partial charge in [0.2, 0.25) is 0 Å². The van der Waals surface area contributed by atoms with E-state index in [2.05, 4.69) is 15.5 Å². The van der Waals surface area contributed by atoms with E-state index < -0.39 is 0 Å². The molecule has 0 bridgehead atoms. The fraction of sp³-hybridized carbons (Fsp3) is 0.182. The first-order valence-electron chi connectivity index (χ1n) is 4.97. The SMILES string of the molecule is CC(Nc1cn[nH]c1N)c1cccc(F)c1. The van der Waals surface area contributed by atoms with E-state index in [0.29, 0.717) is 5.82 Å². The Kier molecular flexibility index (Phi) is 2.76. The van der Waals surface area contributed by atoms with E-state index in [0.717, 1.165) is 11.3 Å². The molecular weight excluding hydrogens is 207 g/mol. The van der Waals surface area contributed by atoms with Gasteiger partial charge in [-0.3, -0.25) is 5.10 Å². The van der Waals surface area contributed by atoms with Gasteiger partial charge in [-0.25, -0.2) is 4.39 Å². The van der Waals surface area contributed by atoms with Gasteiger partial charge >= 0.3 is 0 Å². The molecule has 1 unspecified atom stereocenters. The summed E-state index contributed by atoms with van der Waals surface area (Å²) in [5, 5.41) is 9.58. The van der Waals surface area contributed by atoms with Crippen LogP contribution < -0.4 is 11.1 Å². The first-order valence-corrected chi connectivity index (χ1v) is 4.97. The number of aromatic nitrogens is 2. The second-order valence-corrected chi connectivity index (χ2v) is 3.62. The number of rotatable bonds is 3. The van der Waals surface area contributed by atoms with Crippen molar-refractivity contribution in [2.24, 2.45) is 0 Å². The normalized spacial score (nSPS) is 12.4. The maximum absolute atomic E-state index is 13.0. The van der Waals surface area contributed by atoms with Crippen LogP contribution in [0.4, 0.5) is 15.9 Å². The maximum atomic E-state index is 13.0. The van der Waals surface area contributed by atoms with Crippen LogP contribution >= 0.6 is 0 Å². The zero-order valence-corrected chi connectivity index (χ0v) is 8.87. The lowest BCUT2D eigenvalue weighted by Crippen LogP contribution is -2.07. The van der Waals surface area contributed by atoms with E-state index in [4.69, 9.17) is 5.73 Å². The molecule has 2 aromatic rings. The third-order valence-corrected chi connectivity index (χ3v) is 2.39. The van der Waals surface area contributed by atoms with E-state index in [1.807, 2.05) is 13.0 Å². The van der Waals surface area contributed by atoms with Crippen LogP contribution in [-0.4, -0.2) is 10.2 Å². The molecule has 0 spiro atoms. The van der Waals surface area contributed by atoms with Crippen LogP contribution in [0.1, 0.15) is 18.5 Å². The van der Waals surface area contributed by atoms with Gasteiger partial charge in [0, 0.05) is 6.04 Å². The minimum absolute atomic E-state index is 0.0319. The molecule has 0 amide bonds. The largest absolute Gasteiger partial charge is 0.382 e. The predicted molar refractivity (Wildman–Crippen MR) is 61.4 cm³/mol. The summed E-state index contributed by atoms with van der Waals surface area (Å²) < 4.78 is 13.0. The molecule has 0 radical (unpaired) electrons. The topological polar surface area (TPSA) is 66.7 Å². The Labute approximate surface area is 92.7 Å². The molecule has 0 fully saturated rings. The molecule has 5 heteroatoms. The number of nitrogens with two attached hydrogens (primary N) is 1. The molecule has 1 heterocycles. The number of H-pyrrole nitrogens is 1. The first-order chi connectivity index (χ1) is 7.66. The fourth-order valence-electron chi connectivity index (χ4n) is 1.50. The molecular formula is C11H13FN4. The number of benzene rings is 1. The van der Waals surface area contributed by atoms with Gasteiger partial charge in [0.05, 0.1) is 11.9 Å². The van der Waals surface area contributed by atoms with E-state index in [9.17, 15) is 4.39 Å². The van der Waals surface area contributed by atoms with Gasteiger partial charge in [0.15, 0.2) is 0 Å². The average Bonchev–Trinajstić information content (AvgIpc) is 2.64. The molecule has 0 saturated carbocycles. The summed E-state index contributed by atoms with van der Waals surface area (Å²) in [6.45, 7) is 1.93. The van der Waals surface area contributed by atoms with Crippen molar-refractivity contribution in [1.82, 2.24) is 10.2 Å². The second kappa shape index (κ2) is 4.22. The Hall–Kier alpha value is -2.04. The van der Waals surface area contributed by atoms with Crippen molar-refractivity contribution in [1.29, 1.82) is 0 Å². The predicted octanol–water partition coefficient (Wildman–Crippen LogP) is 2.30. The van der Waals surface area contributed by atoms with Gasteiger partial charge in [-0.15, -0.1) is 0 Å². The average molecular weight is 220 g/mol. The zero-order chi connectivity index (χ0) is 11.5. The molecule has 1 aromatic carbocycles. The Bertz CT molecular complexity index is 480. The van der Waals surface area contributed by atoms with Crippen molar-refractivity contribution in [2.45, 2.75) is 13.0 Å². The molecule has 16 heavy (non-hydrogen) atoms. The number of nitrogens with zero attached hydrogens (tertiary/aromatic N) is 1. The first kappa shape index (κ1) is 10.5. The minimum Gasteiger partial charge on any atom is -0.382 e. The van der Waals surface area contributed by atoms with E-state index >= 15 is 0 Å². The molecule has 1 aromatic heterocycles. The number of nitrogens with one attached hydrogen (secondary N) is 2. The third kappa shape index (κ3) is 2.13. The van der Waals surface area contributed by atoms with E-state index in [-0.39, 0.29) is 11.9 Å². The number of hydrogen-bond acceptors (Lipinski definition) is 3. The van der Waals surface area contributed by atoms with Crippen LogP contribution in [0.5, 0.6) is 0 Å². The molecule has 0 aliphatic rings. The van der Waals surface area contributed by atoms with Crippen molar-refractivity contribution >= 4 is 11.5 Å². The Morgan fingerprint density at radius 1 is 1.50 bits per heavy atom. The summed E-state index contributed by atoms with van der Waals surface area (Å²) in [5.74, 6) is 0.231. The highest BCUT2D eigenvalue weighted by Crippen LogP contribution is 2.22. The highest BCUT2D eigenvalue weighted by molar-refractivity contribution is 5.60. The number of nitrogen functional groups attached to an aromatic ring is 1. The Morgan fingerprint density at radius 2 is 2.31 bits per heavy atom. The van der Waals surface area contributed by atoms with E-state index in [1.54, 1.807) is 12.3 Å². The van der Waals surface area contributed by atoms with Gasteiger partial charge in [-0.2, -0.15) is 5.10 Å². The van der Waals surface area contributed by atoms with E-state index in [1.165, 1.54) is 12.1 Å². The molecule has 0 aliphatic carbocycles. The van der Waals surface area contributed by atoms with Crippen molar-refractivity contribution in [3.05, 3.63) is 41.8 Å². The summed E-state index contributed by atoms with van der Waals surface area (Å²) in [7, 11) is 0. The van der Waals surface area contributed by atoms with Crippen molar-refractivity contribution in [2.75, 3.05) is 11.1 Å². The van der Waals surface area contributed by atoms with Crippen LogP contribution in [0, 0.1) is 5.82 Å². The van der Waals surface area contributed by atoms with Crippen molar-refractivity contribution < 1.29 is 4.39 Å². The second-order valence-electron chi connectivity index (χ2n) is 3.62. The number of halogens is 1. The third-order valence-electron chi connectivity index (χ3n) is 2.39. The minimum atomic E-state index is -0.244. The monoisotopic (exact) mass is 220 g/mol. The molecule has 1 atom stereocenters.